The van der Waals surface area contributed by atoms with E-state index in [-0.39, 0.29) is 24.0 Å². The van der Waals surface area contributed by atoms with Crippen LogP contribution in [0.4, 0.5) is 4.39 Å². The summed E-state index contributed by atoms with van der Waals surface area (Å²) in [6, 6.07) is 2.24. The van der Waals surface area contributed by atoms with Crippen LogP contribution in [0.3, 0.4) is 0 Å². The van der Waals surface area contributed by atoms with Gasteiger partial charge in [0.2, 0.25) is 0 Å². The van der Waals surface area contributed by atoms with Crippen molar-refractivity contribution in [1.29, 1.82) is 0 Å². The molecule has 0 bridgehead atoms. The highest BCUT2D eigenvalue weighted by molar-refractivity contribution is 7.86. The van der Waals surface area contributed by atoms with Crippen molar-refractivity contribution in [2.75, 3.05) is 0 Å². The van der Waals surface area contributed by atoms with E-state index >= 15 is 4.39 Å². The third-order valence-corrected chi connectivity index (χ3v) is 7.50. The molecular weight excluding hydrogens is 427 g/mol. The Bertz CT molecular complexity index is 1310. The number of aromatic amines is 1. The van der Waals surface area contributed by atoms with Crippen molar-refractivity contribution >= 4 is 32.8 Å². The van der Waals surface area contributed by atoms with Gasteiger partial charge in [0, 0.05) is 17.8 Å². The minimum absolute atomic E-state index is 0.00123. The maximum absolute atomic E-state index is 15.5. The Morgan fingerprint density at radius 2 is 1.87 bits per heavy atom. The Balaban J connectivity index is 2.03. The molecule has 0 spiro atoms. The average Bonchev–Trinajstić information content (AvgIpc) is 3.16. The molecule has 0 atom stereocenters. The molecule has 11 heteroatoms. The second kappa shape index (κ2) is 7.50. The van der Waals surface area contributed by atoms with Gasteiger partial charge in [0.15, 0.2) is 5.78 Å². The number of primary amides is 1. The van der Waals surface area contributed by atoms with Crippen LogP contribution >= 0.6 is 0 Å². The lowest BCUT2D eigenvalue weighted by molar-refractivity contribution is 0.0996. The molecule has 1 aromatic carbocycles. The van der Waals surface area contributed by atoms with E-state index in [0.717, 1.165) is 12.5 Å². The number of H-pyrrole nitrogens is 1. The monoisotopic (exact) mass is 446 g/mol. The van der Waals surface area contributed by atoms with Gasteiger partial charge < -0.3 is 10.7 Å². The number of fused-ring (bicyclic) bond motifs is 1. The van der Waals surface area contributed by atoms with Gasteiger partial charge in [-0.2, -0.15) is 8.42 Å². The minimum Gasteiger partial charge on any atom is -0.366 e. The zero-order valence-corrected chi connectivity index (χ0v) is 17.1. The Hall–Kier alpha value is -3.18. The second-order valence-electron chi connectivity index (χ2n) is 7.56. The molecule has 1 saturated carbocycles. The highest BCUT2D eigenvalue weighted by atomic mass is 32.2. The fourth-order valence-corrected chi connectivity index (χ4v) is 5.59. The normalized spacial score (nSPS) is 16.3. The number of hydrogen-bond donors (Lipinski definition) is 3. The number of nitrogens with two attached hydrogens (primary N) is 1. The molecule has 1 aliphatic rings. The van der Waals surface area contributed by atoms with Gasteiger partial charge in [-0.15, -0.1) is 0 Å². The zero-order valence-electron chi connectivity index (χ0n) is 16.3. The van der Waals surface area contributed by atoms with Crippen LogP contribution < -0.4 is 5.73 Å². The summed E-state index contributed by atoms with van der Waals surface area (Å²) in [6.07, 6.45) is 5.63. The number of amides is 1. The maximum atomic E-state index is 15.5. The topological polar surface area (TPSA) is 156 Å². The van der Waals surface area contributed by atoms with Gasteiger partial charge in [0.1, 0.15) is 22.5 Å². The first-order valence-corrected chi connectivity index (χ1v) is 11.0. The van der Waals surface area contributed by atoms with Gasteiger partial charge in [-0.05, 0) is 24.5 Å². The van der Waals surface area contributed by atoms with E-state index < -0.39 is 43.5 Å². The lowest BCUT2D eigenvalue weighted by atomic mass is 9.79. The quantitative estimate of drug-likeness (QED) is 0.401. The van der Waals surface area contributed by atoms with Crippen LogP contribution in [0.2, 0.25) is 0 Å². The van der Waals surface area contributed by atoms with Gasteiger partial charge in [-0.3, -0.25) is 14.1 Å². The first kappa shape index (κ1) is 21.1. The SMILES string of the molecule is NC(=O)c1ccc(C2(S(=O)(=O)O)CCCCC2)c(C(=O)c2c[nH]c3ncncc23)c1F. The van der Waals surface area contributed by atoms with Crippen molar-refractivity contribution in [2.24, 2.45) is 5.73 Å². The van der Waals surface area contributed by atoms with Crippen molar-refractivity contribution in [3.63, 3.8) is 0 Å². The van der Waals surface area contributed by atoms with Gasteiger partial charge in [0.05, 0.1) is 16.7 Å². The van der Waals surface area contributed by atoms with Crippen molar-refractivity contribution < 1.29 is 27.0 Å². The number of nitrogens with one attached hydrogen (secondary N) is 1. The van der Waals surface area contributed by atoms with Crippen molar-refractivity contribution in [3.05, 3.63) is 58.9 Å². The van der Waals surface area contributed by atoms with Gasteiger partial charge in [-0.25, -0.2) is 14.4 Å². The molecular formula is C20H19FN4O5S. The van der Waals surface area contributed by atoms with Crippen LogP contribution in [0, 0.1) is 5.82 Å². The molecule has 2 heterocycles. The number of carbonyl (C=O) groups excluding carboxylic acids is 2. The van der Waals surface area contributed by atoms with Gasteiger partial charge in [-0.1, -0.05) is 25.3 Å². The van der Waals surface area contributed by atoms with E-state index in [9.17, 15) is 22.6 Å². The smallest absolute Gasteiger partial charge is 0.274 e. The average molecular weight is 446 g/mol. The van der Waals surface area contributed by atoms with Crippen LogP contribution in [0.15, 0.2) is 30.9 Å². The predicted octanol–water partition coefficient (Wildman–Crippen LogP) is 2.47. The molecule has 0 aliphatic heterocycles. The van der Waals surface area contributed by atoms with Gasteiger partial charge >= 0.3 is 0 Å². The number of hydrogen-bond acceptors (Lipinski definition) is 6. The Morgan fingerprint density at radius 3 is 2.52 bits per heavy atom. The summed E-state index contributed by atoms with van der Waals surface area (Å²) in [5, 5.41) is 0.298. The molecule has 1 amide bonds. The number of aromatic nitrogens is 3. The fourth-order valence-electron chi connectivity index (χ4n) is 4.34. The number of halogens is 1. The fraction of sp³-hybridized carbons (Fsp3) is 0.300. The summed E-state index contributed by atoms with van der Waals surface area (Å²) in [7, 11) is -4.73. The first-order chi connectivity index (χ1) is 14.7. The highest BCUT2D eigenvalue weighted by Gasteiger charge is 2.48. The van der Waals surface area contributed by atoms with E-state index in [1.54, 1.807) is 0 Å². The number of nitrogens with zero attached hydrogens (tertiary/aromatic N) is 2. The standard InChI is InChI=1S/C20H19FN4O5S/c21-16-11(18(22)27)4-5-14(20(31(28,29)30)6-2-1-3-7-20)15(16)17(26)12-9-24-19-13(12)8-23-10-25-19/h4-5,8-10H,1-3,6-7H2,(H2,22,27)(H,23,24,25)(H,28,29,30). The van der Waals surface area contributed by atoms with E-state index in [2.05, 4.69) is 15.0 Å². The maximum Gasteiger partial charge on any atom is 0.274 e. The van der Waals surface area contributed by atoms with E-state index in [0.29, 0.717) is 23.9 Å². The van der Waals surface area contributed by atoms with E-state index in [1.807, 2.05) is 0 Å². The summed E-state index contributed by atoms with van der Waals surface area (Å²) < 4.78 is 48.8. The molecule has 31 heavy (non-hydrogen) atoms. The summed E-state index contributed by atoms with van der Waals surface area (Å²) >= 11 is 0. The summed E-state index contributed by atoms with van der Waals surface area (Å²) in [5.74, 6) is -3.20. The van der Waals surface area contributed by atoms with Crippen LogP contribution in [-0.4, -0.2) is 39.6 Å². The van der Waals surface area contributed by atoms with Crippen LogP contribution in [0.25, 0.3) is 11.0 Å². The van der Waals surface area contributed by atoms with Crippen LogP contribution in [0.5, 0.6) is 0 Å². The molecule has 162 valence electrons. The van der Waals surface area contributed by atoms with E-state index in [1.165, 1.54) is 24.8 Å². The molecule has 9 nitrogen and oxygen atoms in total. The zero-order chi connectivity index (χ0) is 22.4. The molecule has 3 aromatic rings. The molecule has 0 radical (unpaired) electrons. The molecule has 4 N–H and O–H groups in total. The lowest BCUT2D eigenvalue weighted by Gasteiger charge is -2.36. The summed E-state index contributed by atoms with van der Waals surface area (Å²) in [5.41, 5.74) is 4.23. The Morgan fingerprint density at radius 1 is 1.16 bits per heavy atom. The second-order valence-corrected chi connectivity index (χ2v) is 9.29. The third-order valence-electron chi connectivity index (χ3n) is 5.88. The highest BCUT2D eigenvalue weighted by Crippen LogP contribution is 2.46. The lowest BCUT2D eigenvalue weighted by Crippen LogP contribution is -2.39. The number of carbonyl (C=O) groups is 2. The largest absolute Gasteiger partial charge is 0.366 e. The summed E-state index contributed by atoms with van der Waals surface area (Å²) in [6.45, 7) is 0. The molecule has 0 unspecified atom stereocenters. The molecule has 4 rings (SSSR count). The van der Waals surface area contributed by atoms with Crippen LogP contribution in [-0.2, 0) is 14.9 Å². The van der Waals surface area contributed by atoms with Crippen molar-refractivity contribution in [1.82, 2.24) is 15.0 Å². The van der Waals surface area contributed by atoms with Gasteiger partial charge in [0.25, 0.3) is 16.0 Å². The molecule has 1 aliphatic carbocycles. The summed E-state index contributed by atoms with van der Waals surface area (Å²) in [4.78, 5) is 35.9. The number of benzene rings is 1. The predicted molar refractivity (Wildman–Crippen MR) is 109 cm³/mol. The Labute approximate surface area is 176 Å². The number of ketones is 1. The van der Waals surface area contributed by atoms with Crippen molar-refractivity contribution in [2.45, 2.75) is 36.9 Å². The third kappa shape index (κ3) is 3.29. The van der Waals surface area contributed by atoms with Crippen LogP contribution in [0.1, 0.15) is 63.9 Å². The number of rotatable bonds is 5. The van der Waals surface area contributed by atoms with E-state index in [4.69, 9.17) is 5.73 Å². The van der Waals surface area contributed by atoms with Crippen molar-refractivity contribution in [3.8, 4) is 0 Å². The molecule has 0 saturated heterocycles. The first-order valence-electron chi connectivity index (χ1n) is 9.59. The minimum atomic E-state index is -4.73. The molecule has 1 fully saturated rings. The Kier molecular flexibility index (Phi) is 5.10. The molecule has 2 aromatic heterocycles.